The maximum atomic E-state index is 12.2. The lowest BCUT2D eigenvalue weighted by atomic mass is 10.1. The molecule has 0 aliphatic heterocycles. The summed E-state index contributed by atoms with van der Waals surface area (Å²) in [4.78, 5) is 28.4. The van der Waals surface area contributed by atoms with Crippen LogP contribution in [0.3, 0.4) is 0 Å². The Morgan fingerprint density at radius 3 is 2.75 bits per heavy atom. The lowest BCUT2D eigenvalue weighted by Crippen LogP contribution is -2.23. The summed E-state index contributed by atoms with van der Waals surface area (Å²) >= 11 is 0. The highest BCUT2D eigenvalue weighted by atomic mass is 16.2. The van der Waals surface area contributed by atoms with Gasteiger partial charge in [-0.2, -0.15) is 0 Å². The first kappa shape index (κ1) is 15.7. The van der Waals surface area contributed by atoms with Crippen LogP contribution in [0.25, 0.3) is 5.69 Å². The van der Waals surface area contributed by atoms with Crippen LogP contribution in [0.5, 0.6) is 0 Å². The number of carbonyl (C=O) groups is 1. The van der Waals surface area contributed by atoms with Gasteiger partial charge in [0.1, 0.15) is 5.69 Å². The first-order valence-corrected chi connectivity index (χ1v) is 7.61. The van der Waals surface area contributed by atoms with Gasteiger partial charge in [-0.1, -0.05) is 12.1 Å². The van der Waals surface area contributed by atoms with Crippen molar-refractivity contribution in [1.29, 1.82) is 0 Å². The van der Waals surface area contributed by atoms with Gasteiger partial charge in [-0.05, 0) is 48.7 Å². The van der Waals surface area contributed by atoms with Crippen LogP contribution >= 0.6 is 0 Å². The lowest BCUT2D eigenvalue weighted by molar-refractivity contribution is 0.0945. The van der Waals surface area contributed by atoms with Gasteiger partial charge >= 0.3 is 0 Å². The maximum Gasteiger partial charge on any atom is 0.271 e. The Hall–Kier alpha value is -3.15. The summed E-state index contributed by atoms with van der Waals surface area (Å²) in [7, 11) is 0. The first-order valence-electron chi connectivity index (χ1n) is 7.61. The number of carbonyl (C=O) groups excluding carboxylic acids is 1. The molecule has 0 fully saturated rings. The van der Waals surface area contributed by atoms with E-state index in [1.54, 1.807) is 18.5 Å². The fourth-order valence-electron chi connectivity index (χ4n) is 2.35. The SMILES string of the molecule is Cc1ccc(-n2[nH]c(C(=O)NCc3cccnc3)cc2=O)cc1C. The zero-order valence-electron chi connectivity index (χ0n) is 13.5. The minimum Gasteiger partial charge on any atom is -0.347 e. The molecule has 2 heterocycles. The maximum absolute atomic E-state index is 12.2. The van der Waals surface area contributed by atoms with Crippen molar-refractivity contribution in [1.82, 2.24) is 20.1 Å². The van der Waals surface area contributed by atoms with E-state index >= 15 is 0 Å². The van der Waals surface area contributed by atoms with E-state index in [9.17, 15) is 9.59 Å². The zero-order valence-corrected chi connectivity index (χ0v) is 13.5. The minimum absolute atomic E-state index is 0.224. The summed E-state index contributed by atoms with van der Waals surface area (Å²) in [6.07, 6.45) is 3.36. The summed E-state index contributed by atoms with van der Waals surface area (Å²) in [5, 5.41) is 5.62. The number of amides is 1. The van der Waals surface area contributed by atoms with E-state index in [4.69, 9.17) is 0 Å². The van der Waals surface area contributed by atoms with Gasteiger partial charge in [0, 0.05) is 25.0 Å². The molecule has 0 atom stereocenters. The molecule has 0 saturated heterocycles. The number of pyridine rings is 1. The highest BCUT2D eigenvalue weighted by Crippen LogP contribution is 2.12. The fraction of sp³-hybridized carbons (Fsp3) is 0.167. The van der Waals surface area contributed by atoms with Gasteiger partial charge < -0.3 is 5.32 Å². The fourth-order valence-corrected chi connectivity index (χ4v) is 2.35. The van der Waals surface area contributed by atoms with E-state index < -0.39 is 0 Å². The predicted molar refractivity (Wildman–Crippen MR) is 91.3 cm³/mol. The molecule has 1 amide bonds. The molecule has 0 radical (unpaired) electrons. The van der Waals surface area contributed by atoms with Crippen LogP contribution in [-0.4, -0.2) is 20.7 Å². The number of hydrogen-bond donors (Lipinski definition) is 2. The van der Waals surface area contributed by atoms with Crippen LogP contribution in [0.1, 0.15) is 27.2 Å². The Morgan fingerprint density at radius 1 is 1.21 bits per heavy atom. The van der Waals surface area contributed by atoms with Crippen molar-refractivity contribution >= 4 is 5.91 Å². The van der Waals surface area contributed by atoms with Gasteiger partial charge in [0.15, 0.2) is 0 Å². The van der Waals surface area contributed by atoms with E-state index in [-0.39, 0.29) is 17.2 Å². The monoisotopic (exact) mass is 322 g/mol. The van der Waals surface area contributed by atoms with Crippen molar-refractivity contribution in [2.45, 2.75) is 20.4 Å². The molecule has 3 aromatic rings. The third kappa shape index (κ3) is 3.27. The van der Waals surface area contributed by atoms with E-state index in [1.807, 2.05) is 38.1 Å². The summed E-state index contributed by atoms with van der Waals surface area (Å²) < 4.78 is 1.37. The molecule has 0 spiro atoms. The molecule has 3 rings (SSSR count). The van der Waals surface area contributed by atoms with Crippen LogP contribution in [0.15, 0.2) is 53.6 Å². The number of H-pyrrole nitrogens is 1. The van der Waals surface area contributed by atoms with Gasteiger partial charge in [0.05, 0.1) is 5.69 Å². The smallest absolute Gasteiger partial charge is 0.271 e. The quantitative estimate of drug-likeness (QED) is 0.772. The summed E-state index contributed by atoms with van der Waals surface area (Å²) in [6.45, 7) is 4.34. The second-order valence-corrected chi connectivity index (χ2v) is 5.66. The predicted octanol–water partition coefficient (Wildman–Crippen LogP) is 2.11. The van der Waals surface area contributed by atoms with Crippen molar-refractivity contribution in [3.8, 4) is 5.69 Å². The Morgan fingerprint density at radius 2 is 2.04 bits per heavy atom. The first-order chi connectivity index (χ1) is 11.5. The molecular weight excluding hydrogens is 304 g/mol. The molecule has 6 heteroatoms. The zero-order chi connectivity index (χ0) is 17.1. The summed E-state index contributed by atoms with van der Waals surface area (Å²) in [6, 6.07) is 10.7. The molecule has 0 unspecified atom stereocenters. The largest absolute Gasteiger partial charge is 0.347 e. The molecule has 0 saturated carbocycles. The van der Waals surface area contributed by atoms with Crippen molar-refractivity contribution in [2.24, 2.45) is 0 Å². The van der Waals surface area contributed by atoms with Crippen LogP contribution < -0.4 is 10.9 Å². The molecule has 24 heavy (non-hydrogen) atoms. The second kappa shape index (κ2) is 6.54. The number of aryl methyl sites for hydroxylation is 2. The third-order valence-corrected chi connectivity index (χ3v) is 3.89. The Bertz CT molecular complexity index is 926. The van der Waals surface area contributed by atoms with Crippen molar-refractivity contribution in [2.75, 3.05) is 0 Å². The van der Waals surface area contributed by atoms with Crippen LogP contribution in [0.4, 0.5) is 0 Å². The molecule has 1 aromatic carbocycles. The number of benzene rings is 1. The number of aromatic amines is 1. The Balaban J connectivity index is 1.79. The third-order valence-electron chi connectivity index (χ3n) is 3.89. The van der Waals surface area contributed by atoms with Crippen LogP contribution in [-0.2, 0) is 6.54 Å². The topological polar surface area (TPSA) is 79.8 Å². The molecule has 6 nitrogen and oxygen atoms in total. The highest BCUT2D eigenvalue weighted by Gasteiger charge is 2.12. The van der Waals surface area contributed by atoms with E-state index in [2.05, 4.69) is 15.4 Å². The molecule has 122 valence electrons. The molecular formula is C18H18N4O2. The van der Waals surface area contributed by atoms with Gasteiger partial charge in [-0.3, -0.25) is 19.7 Å². The number of nitrogens with zero attached hydrogens (tertiary/aromatic N) is 2. The van der Waals surface area contributed by atoms with E-state index in [0.717, 1.165) is 16.7 Å². The van der Waals surface area contributed by atoms with Gasteiger partial charge in [-0.15, -0.1) is 0 Å². The van der Waals surface area contributed by atoms with Gasteiger partial charge in [0.25, 0.3) is 11.5 Å². The van der Waals surface area contributed by atoms with Crippen LogP contribution in [0, 0.1) is 13.8 Å². The molecule has 0 aliphatic carbocycles. The molecule has 0 bridgehead atoms. The van der Waals surface area contributed by atoms with Crippen molar-refractivity contribution < 1.29 is 4.79 Å². The number of nitrogens with one attached hydrogen (secondary N) is 2. The normalized spacial score (nSPS) is 10.6. The Kier molecular flexibility index (Phi) is 4.29. The van der Waals surface area contributed by atoms with E-state index in [1.165, 1.54) is 10.7 Å². The van der Waals surface area contributed by atoms with E-state index in [0.29, 0.717) is 12.2 Å². The summed E-state index contributed by atoms with van der Waals surface area (Å²) in [5.74, 6) is -0.335. The number of hydrogen-bond acceptors (Lipinski definition) is 3. The van der Waals surface area contributed by atoms with Gasteiger partial charge in [-0.25, -0.2) is 4.68 Å². The molecule has 2 aromatic heterocycles. The second-order valence-electron chi connectivity index (χ2n) is 5.66. The van der Waals surface area contributed by atoms with Crippen LogP contribution in [0.2, 0.25) is 0 Å². The van der Waals surface area contributed by atoms with Crippen molar-refractivity contribution in [3.05, 3.63) is 81.5 Å². The molecule has 0 aliphatic rings. The average Bonchev–Trinajstić information content (AvgIpc) is 2.98. The minimum atomic E-state index is -0.335. The van der Waals surface area contributed by atoms with Crippen molar-refractivity contribution in [3.63, 3.8) is 0 Å². The average molecular weight is 322 g/mol. The highest BCUT2D eigenvalue weighted by molar-refractivity contribution is 5.92. The Labute approximate surface area is 139 Å². The molecule has 2 N–H and O–H groups in total. The van der Waals surface area contributed by atoms with Gasteiger partial charge in [0.2, 0.25) is 0 Å². The number of aromatic nitrogens is 3. The summed E-state index contributed by atoms with van der Waals surface area (Å²) in [5.41, 5.74) is 3.77. The standard InChI is InChI=1S/C18H18N4O2/c1-12-5-6-15(8-13(12)2)22-17(23)9-16(21-22)18(24)20-11-14-4-3-7-19-10-14/h3-10,21H,11H2,1-2H3,(H,20,24). The lowest BCUT2D eigenvalue weighted by Gasteiger charge is -2.06. The number of rotatable bonds is 4.